The van der Waals surface area contributed by atoms with Crippen molar-refractivity contribution in [2.75, 3.05) is 6.54 Å². The highest BCUT2D eigenvalue weighted by Crippen LogP contribution is 2.32. The van der Waals surface area contributed by atoms with Crippen molar-refractivity contribution in [2.45, 2.75) is 18.9 Å². The zero-order chi connectivity index (χ0) is 12.4. The summed E-state index contributed by atoms with van der Waals surface area (Å²) in [5, 5.41) is 17.6. The highest BCUT2D eigenvalue weighted by Gasteiger charge is 2.30. The summed E-state index contributed by atoms with van der Waals surface area (Å²) in [6.07, 6.45) is 0.480. The summed E-state index contributed by atoms with van der Waals surface area (Å²) in [7, 11) is 0. The number of carbonyl (C=O) groups is 1. The molecule has 1 aromatic carbocycles. The minimum atomic E-state index is -0.989. The average Bonchev–Trinajstić information content (AvgIpc) is 2.77. The van der Waals surface area contributed by atoms with Crippen LogP contribution in [0.2, 0.25) is 0 Å². The Labute approximate surface area is 97.9 Å². The molecular formula is C12H11FN2O2. The lowest BCUT2D eigenvalue weighted by Gasteiger charge is -2.21. The van der Waals surface area contributed by atoms with Crippen LogP contribution >= 0.6 is 0 Å². The Morgan fingerprint density at radius 1 is 1.59 bits per heavy atom. The van der Waals surface area contributed by atoms with Crippen molar-refractivity contribution in [3.8, 4) is 6.07 Å². The molecule has 17 heavy (non-hydrogen) atoms. The van der Waals surface area contributed by atoms with Crippen molar-refractivity contribution >= 4 is 6.09 Å². The number of rotatable bonds is 1. The van der Waals surface area contributed by atoms with E-state index in [-0.39, 0.29) is 11.6 Å². The van der Waals surface area contributed by atoms with Gasteiger partial charge in [-0.25, -0.2) is 9.18 Å². The van der Waals surface area contributed by atoms with E-state index in [1.54, 1.807) is 12.1 Å². The number of hydrogen-bond donors (Lipinski definition) is 1. The number of hydrogen-bond acceptors (Lipinski definition) is 2. The van der Waals surface area contributed by atoms with Crippen molar-refractivity contribution in [3.05, 3.63) is 35.1 Å². The molecule has 0 saturated carbocycles. The molecule has 1 heterocycles. The van der Waals surface area contributed by atoms with E-state index in [0.717, 1.165) is 6.42 Å². The first-order valence-electron chi connectivity index (χ1n) is 5.32. The van der Waals surface area contributed by atoms with Crippen LogP contribution < -0.4 is 0 Å². The van der Waals surface area contributed by atoms with Crippen molar-refractivity contribution in [1.82, 2.24) is 4.90 Å². The van der Waals surface area contributed by atoms with Gasteiger partial charge in [0, 0.05) is 6.54 Å². The minimum absolute atomic E-state index is 0.0198. The van der Waals surface area contributed by atoms with E-state index >= 15 is 0 Å². The molecule has 0 aliphatic carbocycles. The maximum Gasteiger partial charge on any atom is 0.407 e. The lowest BCUT2D eigenvalue weighted by molar-refractivity contribution is 0.140. The molecule has 1 atom stereocenters. The summed E-state index contributed by atoms with van der Waals surface area (Å²) in [5.41, 5.74) is 0.593. The minimum Gasteiger partial charge on any atom is -0.465 e. The third kappa shape index (κ3) is 2.07. The second kappa shape index (κ2) is 4.42. The SMILES string of the molecule is N#Cc1ccc(C2CCCN2C(=O)O)cc1F. The summed E-state index contributed by atoms with van der Waals surface area (Å²) >= 11 is 0. The first-order chi connectivity index (χ1) is 8.13. The fourth-order valence-electron chi connectivity index (χ4n) is 2.17. The van der Waals surface area contributed by atoms with Crippen molar-refractivity contribution in [3.63, 3.8) is 0 Å². The lowest BCUT2D eigenvalue weighted by Crippen LogP contribution is -2.28. The van der Waals surface area contributed by atoms with Crippen LogP contribution in [0.1, 0.15) is 30.0 Å². The summed E-state index contributed by atoms with van der Waals surface area (Å²) in [6, 6.07) is 5.71. The molecule has 0 bridgehead atoms. The summed E-state index contributed by atoms with van der Waals surface area (Å²) in [6.45, 7) is 0.474. The third-order valence-corrected chi connectivity index (χ3v) is 3.00. The summed E-state index contributed by atoms with van der Waals surface area (Å²) in [5.74, 6) is -0.595. The van der Waals surface area contributed by atoms with Gasteiger partial charge in [-0.15, -0.1) is 0 Å². The predicted octanol–water partition coefficient (Wildman–Crippen LogP) is 2.51. The first-order valence-corrected chi connectivity index (χ1v) is 5.32. The molecular weight excluding hydrogens is 223 g/mol. The van der Waals surface area contributed by atoms with E-state index in [2.05, 4.69) is 0 Å². The van der Waals surface area contributed by atoms with E-state index in [9.17, 15) is 9.18 Å². The smallest absolute Gasteiger partial charge is 0.407 e. The molecule has 1 aliphatic heterocycles. The fourth-order valence-corrected chi connectivity index (χ4v) is 2.17. The third-order valence-electron chi connectivity index (χ3n) is 3.00. The number of carboxylic acid groups (broad SMARTS) is 1. The molecule has 0 aromatic heterocycles. The monoisotopic (exact) mass is 234 g/mol. The van der Waals surface area contributed by atoms with Gasteiger partial charge in [0.25, 0.3) is 0 Å². The van der Waals surface area contributed by atoms with Crippen LogP contribution in [0.15, 0.2) is 18.2 Å². The Balaban J connectivity index is 2.31. The van der Waals surface area contributed by atoms with Gasteiger partial charge in [0.15, 0.2) is 0 Å². The molecule has 1 N–H and O–H groups in total. The molecule has 2 rings (SSSR count). The maximum atomic E-state index is 13.4. The largest absolute Gasteiger partial charge is 0.465 e. The quantitative estimate of drug-likeness (QED) is 0.811. The average molecular weight is 234 g/mol. The van der Waals surface area contributed by atoms with Crippen LogP contribution in [0.5, 0.6) is 0 Å². The number of amides is 1. The molecule has 1 amide bonds. The Bertz CT molecular complexity index is 496. The number of likely N-dealkylation sites (tertiary alicyclic amines) is 1. The molecule has 5 heteroatoms. The standard InChI is InChI=1S/C12H11FN2O2/c13-10-6-8(3-4-9(10)7-14)11-2-1-5-15(11)12(16)17/h3-4,6,11H,1-2,5H2,(H,16,17). The van der Waals surface area contributed by atoms with Crippen LogP contribution in [-0.2, 0) is 0 Å². The second-order valence-corrected chi connectivity index (χ2v) is 3.99. The van der Waals surface area contributed by atoms with Crippen LogP contribution in [0.4, 0.5) is 9.18 Å². The molecule has 0 spiro atoms. The molecule has 0 radical (unpaired) electrons. The second-order valence-electron chi connectivity index (χ2n) is 3.99. The van der Waals surface area contributed by atoms with Gasteiger partial charge in [0.2, 0.25) is 0 Å². The zero-order valence-corrected chi connectivity index (χ0v) is 9.06. The van der Waals surface area contributed by atoms with Crippen molar-refractivity contribution in [2.24, 2.45) is 0 Å². The Kier molecular flexibility index (Phi) is 2.96. The summed E-state index contributed by atoms with van der Waals surface area (Å²) in [4.78, 5) is 12.3. The Hall–Kier alpha value is -2.09. The Morgan fingerprint density at radius 2 is 2.35 bits per heavy atom. The topological polar surface area (TPSA) is 64.3 Å². The molecule has 88 valence electrons. The van der Waals surface area contributed by atoms with Crippen LogP contribution in [0, 0.1) is 17.1 Å². The zero-order valence-electron chi connectivity index (χ0n) is 9.06. The molecule has 1 fully saturated rings. The van der Waals surface area contributed by atoms with E-state index < -0.39 is 11.9 Å². The van der Waals surface area contributed by atoms with Gasteiger partial charge in [0.1, 0.15) is 11.9 Å². The van der Waals surface area contributed by atoms with Gasteiger partial charge in [0.05, 0.1) is 11.6 Å². The van der Waals surface area contributed by atoms with Crippen LogP contribution in [0.3, 0.4) is 0 Å². The fraction of sp³-hybridized carbons (Fsp3) is 0.333. The predicted molar refractivity (Wildman–Crippen MR) is 57.8 cm³/mol. The van der Waals surface area contributed by atoms with Gasteiger partial charge in [-0.2, -0.15) is 5.26 Å². The summed E-state index contributed by atoms with van der Waals surface area (Å²) < 4.78 is 13.4. The highest BCUT2D eigenvalue weighted by molar-refractivity contribution is 5.66. The van der Waals surface area contributed by atoms with Gasteiger partial charge in [-0.05, 0) is 30.5 Å². The van der Waals surface area contributed by atoms with Crippen molar-refractivity contribution < 1.29 is 14.3 Å². The van der Waals surface area contributed by atoms with E-state index in [0.29, 0.717) is 18.5 Å². The van der Waals surface area contributed by atoms with Crippen LogP contribution in [0.25, 0.3) is 0 Å². The molecule has 1 aliphatic rings. The van der Waals surface area contributed by atoms with E-state index in [1.807, 2.05) is 0 Å². The van der Waals surface area contributed by atoms with Gasteiger partial charge < -0.3 is 10.0 Å². The van der Waals surface area contributed by atoms with Gasteiger partial charge in [-0.1, -0.05) is 6.07 Å². The number of benzene rings is 1. The van der Waals surface area contributed by atoms with E-state index in [4.69, 9.17) is 10.4 Å². The number of halogens is 1. The maximum absolute atomic E-state index is 13.4. The normalized spacial score (nSPS) is 19.1. The van der Waals surface area contributed by atoms with Crippen molar-refractivity contribution in [1.29, 1.82) is 5.26 Å². The molecule has 1 aromatic rings. The van der Waals surface area contributed by atoms with Gasteiger partial charge >= 0.3 is 6.09 Å². The molecule has 1 unspecified atom stereocenters. The Morgan fingerprint density at radius 3 is 2.94 bits per heavy atom. The van der Waals surface area contributed by atoms with E-state index in [1.165, 1.54) is 17.0 Å². The number of nitrogens with zero attached hydrogens (tertiary/aromatic N) is 2. The van der Waals surface area contributed by atoms with Gasteiger partial charge in [-0.3, -0.25) is 0 Å². The lowest BCUT2D eigenvalue weighted by atomic mass is 10.0. The highest BCUT2D eigenvalue weighted by atomic mass is 19.1. The first kappa shape index (κ1) is 11.4. The molecule has 4 nitrogen and oxygen atoms in total. The molecule has 1 saturated heterocycles. The number of nitriles is 1. The van der Waals surface area contributed by atoms with Crippen LogP contribution in [-0.4, -0.2) is 22.6 Å².